The first-order chi connectivity index (χ1) is 9.90. The molecular weight excluding hydrogens is 276 g/mol. The topological polar surface area (TPSA) is 99.1 Å². The molecule has 7 nitrogen and oxygen atoms in total. The number of aromatic hydroxyl groups is 1. The summed E-state index contributed by atoms with van der Waals surface area (Å²) in [5.74, 6) is -1.14. The Morgan fingerprint density at radius 1 is 1.43 bits per heavy atom. The highest BCUT2D eigenvalue weighted by molar-refractivity contribution is 5.95. The van der Waals surface area contributed by atoms with E-state index in [1.165, 1.54) is 24.1 Å². The molecule has 0 aliphatic carbocycles. The number of nitrogens with zero attached hydrogens (tertiary/aromatic N) is 1. The van der Waals surface area contributed by atoms with Crippen LogP contribution in [0.2, 0.25) is 0 Å². The Kier molecular flexibility index (Phi) is 5.98. The fourth-order valence-corrected chi connectivity index (χ4v) is 1.88. The van der Waals surface area contributed by atoms with E-state index < -0.39 is 18.0 Å². The number of ether oxygens (including phenoxy) is 1. The number of benzene rings is 1. The van der Waals surface area contributed by atoms with Crippen LogP contribution in [0.3, 0.4) is 0 Å². The second-order valence-corrected chi connectivity index (χ2v) is 4.51. The molecule has 0 spiro atoms. The SMILES string of the molecule is CCN(C(=O)NC(COC)C(=O)O)c1cc(O)ccc1C. The van der Waals surface area contributed by atoms with Gasteiger partial charge in [-0.15, -0.1) is 0 Å². The lowest BCUT2D eigenvalue weighted by molar-refractivity contribution is -0.140. The molecule has 1 rings (SSSR count). The first kappa shape index (κ1) is 16.8. The third kappa shape index (κ3) is 4.35. The van der Waals surface area contributed by atoms with Crippen LogP contribution in [-0.4, -0.2) is 48.5 Å². The molecule has 0 aromatic heterocycles. The second-order valence-electron chi connectivity index (χ2n) is 4.51. The molecule has 1 aromatic carbocycles. The molecule has 21 heavy (non-hydrogen) atoms. The van der Waals surface area contributed by atoms with Gasteiger partial charge in [-0.2, -0.15) is 0 Å². The maximum Gasteiger partial charge on any atom is 0.328 e. The maximum absolute atomic E-state index is 12.2. The van der Waals surface area contributed by atoms with E-state index in [2.05, 4.69) is 5.32 Å². The lowest BCUT2D eigenvalue weighted by atomic mass is 10.1. The molecular formula is C14H20N2O5. The van der Waals surface area contributed by atoms with Crippen LogP contribution in [0.5, 0.6) is 5.75 Å². The standard InChI is InChI=1S/C14H20N2O5/c1-4-16(12-7-10(17)6-5-9(12)2)14(20)15-11(8-21-3)13(18)19/h5-7,11,17H,4,8H2,1-3H3,(H,15,20)(H,18,19). The van der Waals surface area contributed by atoms with Gasteiger partial charge in [-0.05, 0) is 25.5 Å². The predicted molar refractivity (Wildman–Crippen MR) is 77.7 cm³/mol. The van der Waals surface area contributed by atoms with Crippen molar-refractivity contribution in [1.29, 1.82) is 0 Å². The minimum absolute atomic E-state index is 0.0357. The number of phenols is 1. The lowest BCUT2D eigenvalue weighted by Crippen LogP contribution is -2.50. The molecule has 0 heterocycles. The van der Waals surface area contributed by atoms with Gasteiger partial charge >= 0.3 is 12.0 Å². The van der Waals surface area contributed by atoms with Gasteiger partial charge in [0.05, 0.1) is 12.3 Å². The summed E-state index contributed by atoms with van der Waals surface area (Å²) < 4.78 is 4.77. The molecule has 0 fully saturated rings. The summed E-state index contributed by atoms with van der Waals surface area (Å²) in [6.45, 7) is 3.76. The van der Waals surface area contributed by atoms with Crippen molar-refractivity contribution in [3.05, 3.63) is 23.8 Å². The zero-order valence-corrected chi connectivity index (χ0v) is 12.3. The zero-order chi connectivity index (χ0) is 16.0. The van der Waals surface area contributed by atoms with Gasteiger partial charge in [0.1, 0.15) is 5.75 Å². The van der Waals surface area contributed by atoms with Crippen molar-refractivity contribution in [3.63, 3.8) is 0 Å². The van der Waals surface area contributed by atoms with E-state index in [1.54, 1.807) is 19.9 Å². The van der Waals surface area contributed by atoms with E-state index in [0.717, 1.165) is 5.56 Å². The Bertz CT molecular complexity index is 518. The van der Waals surface area contributed by atoms with Crippen LogP contribution in [0.15, 0.2) is 18.2 Å². The molecule has 116 valence electrons. The fraction of sp³-hybridized carbons (Fsp3) is 0.429. The number of carboxylic acid groups (broad SMARTS) is 1. The fourth-order valence-electron chi connectivity index (χ4n) is 1.88. The summed E-state index contributed by atoms with van der Waals surface area (Å²) in [7, 11) is 1.36. The number of aryl methyl sites for hydroxylation is 1. The van der Waals surface area contributed by atoms with Crippen molar-refractivity contribution in [2.24, 2.45) is 0 Å². The molecule has 3 N–H and O–H groups in total. The van der Waals surface area contributed by atoms with Gasteiger partial charge in [0.2, 0.25) is 0 Å². The van der Waals surface area contributed by atoms with E-state index in [9.17, 15) is 14.7 Å². The van der Waals surface area contributed by atoms with Crippen molar-refractivity contribution in [3.8, 4) is 5.75 Å². The third-order valence-corrected chi connectivity index (χ3v) is 2.97. The van der Waals surface area contributed by atoms with Crippen LogP contribution in [0, 0.1) is 6.92 Å². The summed E-state index contributed by atoms with van der Waals surface area (Å²) in [4.78, 5) is 24.6. The number of nitrogens with one attached hydrogen (secondary N) is 1. The molecule has 0 saturated carbocycles. The summed E-state index contributed by atoms with van der Waals surface area (Å²) in [5.41, 5.74) is 1.32. The average Bonchev–Trinajstić information content (AvgIpc) is 2.42. The van der Waals surface area contributed by atoms with Crippen LogP contribution in [0.4, 0.5) is 10.5 Å². The van der Waals surface area contributed by atoms with E-state index >= 15 is 0 Å². The smallest absolute Gasteiger partial charge is 0.328 e. The molecule has 1 unspecified atom stereocenters. The highest BCUT2D eigenvalue weighted by Gasteiger charge is 2.24. The van der Waals surface area contributed by atoms with Gasteiger partial charge in [-0.3, -0.25) is 4.90 Å². The number of hydrogen-bond acceptors (Lipinski definition) is 4. The Morgan fingerprint density at radius 2 is 2.10 bits per heavy atom. The molecule has 0 saturated heterocycles. The number of methoxy groups -OCH3 is 1. The molecule has 0 radical (unpaired) electrons. The van der Waals surface area contributed by atoms with E-state index in [0.29, 0.717) is 12.2 Å². The van der Waals surface area contributed by atoms with E-state index in [1.807, 2.05) is 0 Å². The highest BCUT2D eigenvalue weighted by Crippen LogP contribution is 2.24. The second kappa shape index (κ2) is 7.49. The number of rotatable bonds is 6. The Labute approximate surface area is 123 Å². The van der Waals surface area contributed by atoms with Crippen LogP contribution in [0.1, 0.15) is 12.5 Å². The van der Waals surface area contributed by atoms with E-state index in [4.69, 9.17) is 9.84 Å². The summed E-state index contributed by atoms with van der Waals surface area (Å²) in [5, 5.41) is 21.0. The van der Waals surface area contributed by atoms with Gasteiger partial charge in [0, 0.05) is 19.7 Å². The number of carboxylic acids is 1. The monoisotopic (exact) mass is 296 g/mol. The largest absolute Gasteiger partial charge is 0.508 e. The molecule has 1 aromatic rings. The molecule has 7 heteroatoms. The Hall–Kier alpha value is -2.28. The lowest BCUT2D eigenvalue weighted by Gasteiger charge is -2.25. The van der Waals surface area contributed by atoms with Gasteiger partial charge in [0.15, 0.2) is 6.04 Å². The van der Waals surface area contributed by atoms with Crippen LogP contribution < -0.4 is 10.2 Å². The number of phenolic OH excluding ortho intramolecular Hbond substituents is 1. The first-order valence-corrected chi connectivity index (χ1v) is 6.50. The van der Waals surface area contributed by atoms with Crippen molar-refractivity contribution < 1.29 is 24.5 Å². The number of anilines is 1. The average molecular weight is 296 g/mol. The Morgan fingerprint density at radius 3 is 2.62 bits per heavy atom. The van der Waals surface area contributed by atoms with Crippen LogP contribution in [-0.2, 0) is 9.53 Å². The van der Waals surface area contributed by atoms with Gasteiger partial charge in [0.25, 0.3) is 0 Å². The number of aliphatic carboxylic acids is 1. The third-order valence-electron chi connectivity index (χ3n) is 2.97. The highest BCUT2D eigenvalue weighted by atomic mass is 16.5. The van der Waals surface area contributed by atoms with Crippen LogP contribution in [0.25, 0.3) is 0 Å². The number of carbonyl (C=O) groups excluding carboxylic acids is 1. The molecule has 2 amide bonds. The van der Waals surface area contributed by atoms with Crippen molar-refractivity contribution in [1.82, 2.24) is 5.32 Å². The number of carbonyl (C=O) groups is 2. The van der Waals surface area contributed by atoms with Gasteiger partial charge in [-0.25, -0.2) is 9.59 Å². The molecule has 1 atom stereocenters. The molecule has 0 aliphatic heterocycles. The zero-order valence-electron chi connectivity index (χ0n) is 12.3. The van der Waals surface area contributed by atoms with Gasteiger partial charge < -0.3 is 20.3 Å². The van der Waals surface area contributed by atoms with Gasteiger partial charge in [-0.1, -0.05) is 6.07 Å². The molecule has 0 aliphatic rings. The number of hydrogen-bond donors (Lipinski definition) is 3. The summed E-state index contributed by atoms with van der Waals surface area (Å²) in [6, 6.07) is 2.98. The Balaban J connectivity index is 2.96. The first-order valence-electron chi connectivity index (χ1n) is 6.50. The number of urea groups is 1. The minimum Gasteiger partial charge on any atom is -0.508 e. The minimum atomic E-state index is -1.17. The predicted octanol–water partition coefficient (Wildman–Crippen LogP) is 1.34. The summed E-state index contributed by atoms with van der Waals surface area (Å²) >= 11 is 0. The normalized spacial score (nSPS) is 11.8. The summed E-state index contributed by atoms with van der Waals surface area (Å²) in [6.07, 6.45) is 0. The van der Waals surface area contributed by atoms with Crippen molar-refractivity contribution in [2.75, 3.05) is 25.2 Å². The quantitative estimate of drug-likeness (QED) is 0.735. The number of amides is 2. The van der Waals surface area contributed by atoms with E-state index in [-0.39, 0.29) is 12.4 Å². The molecule has 0 bridgehead atoms. The van der Waals surface area contributed by atoms with Crippen molar-refractivity contribution >= 4 is 17.7 Å². The van der Waals surface area contributed by atoms with Crippen molar-refractivity contribution in [2.45, 2.75) is 19.9 Å². The van der Waals surface area contributed by atoms with Crippen LogP contribution >= 0.6 is 0 Å². The maximum atomic E-state index is 12.2.